The van der Waals surface area contributed by atoms with E-state index in [1.54, 1.807) is 0 Å². The molecular formula is C12H11ClN2S. The van der Waals surface area contributed by atoms with Gasteiger partial charge in [0.25, 0.3) is 0 Å². The van der Waals surface area contributed by atoms with Gasteiger partial charge in [0.05, 0.1) is 10.2 Å². The standard InChI is InChI=1S/C12H11ClN2S/c1-14-7-3-2-4-9-5-6-10-11(8-9)16-12(13)15-10/h5-6,8,14H,3,7H2,1H3. The van der Waals surface area contributed by atoms with Crippen molar-refractivity contribution >= 4 is 33.2 Å². The maximum Gasteiger partial charge on any atom is 0.184 e. The number of aromatic nitrogens is 1. The first-order valence-corrected chi connectivity index (χ1v) is 6.18. The van der Waals surface area contributed by atoms with Gasteiger partial charge in [-0.1, -0.05) is 23.4 Å². The smallest absolute Gasteiger partial charge is 0.184 e. The van der Waals surface area contributed by atoms with Crippen LogP contribution in [0.15, 0.2) is 18.2 Å². The second-order valence-electron chi connectivity index (χ2n) is 3.30. The number of hydrogen-bond donors (Lipinski definition) is 1. The molecule has 0 aliphatic heterocycles. The van der Waals surface area contributed by atoms with Gasteiger partial charge in [0.1, 0.15) is 0 Å². The predicted molar refractivity (Wildman–Crippen MR) is 70.1 cm³/mol. The van der Waals surface area contributed by atoms with Crippen molar-refractivity contribution in [1.29, 1.82) is 0 Å². The second-order valence-corrected chi connectivity index (χ2v) is 4.92. The predicted octanol–water partition coefficient (Wildman–Crippen LogP) is 2.91. The van der Waals surface area contributed by atoms with Crippen LogP contribution in [0.5, 0.6) is 0 Å². The molecule has 0 spiro atoms. The molecule has 0 radical (unpaired) electrons. The highest BCUT2D eigenvalue weighted by Crippen LogP contribution is 2.26. The van der Waals surface area contributed by atoms with Crippen molar-refractivity contribution < 1.29 is 0 Å². The van der Waals surface area contributed by atoms with Gasteiger partial charge in [-0.15, -0.1) is 11.3 Å². The van der Waals surface area contributed by atoms with Gasteiger partial charge in [-0.05, 0) is 25.2 Å². The molecule has 1 heterocycles. The summed E-state index contributed by atoms with van der Waals surface area (Å²) in [6, 6.07) is 5.97. The third kappa shape index (κ3) is 2.73. The normalized spacial score (nSPS) is 10.1. The lowest BCUT2D eigenvalue weighted by atomic mass is 10.2. The van der Waals surface area contributed by atoms with Crippen molar-refractivity contribution in [2.75, 3.05) is 13.6 Å². The van der Waals surface area contributed by atoms with Crippen LogP contribution in [-0.2, 0) is 0 Å². The Hall–Kier alpha value is -1.08. The van der Waals surface area contributed by atoms with Crippen LogP contribution >= 0.6 is 22.9 Å². The fourth-order valence-corrected chi connectivity index (χ4v) is 2.40. The summed E-state index contributed by atoms with van der Waals surface area (Å²) < 4.78 is 1.67. The molecule has 0 saturated heterocycles. The number of rotatable bonds is 2. The van der Waals surface area contributed by atoms with E-state index in [9.17, 15) is 0 Å². The molecular weight excluding hydrogens is 240 g/mol. The van der Waals surface area contributed by atoms with Crippen molar-refractivity contribution in [1.82, 2.24) is 10.3 Å². The maximum atomic E-state index is 5.84. The molecule has 82 valence electrons. The van der Waals surface area contributed by atoms with Gasteiger partial charge < -0.3 is 5.32 Å². The van der Waals surface area contributed by atoms with Crippen molar-refractivity contribution in [3.05, 3.63) is 28.2 Å². The molecule has 0 saturated carbocycles. The van der Waals surface area contributed by atoms with Crippen LogP contribution in [0.1, 0.15) is 12.0 Å². The molecule has 0 aliphatic rings. The molecule has 2 nitrogen and oxygen atoms in total. The molecule has 0 atom stereocenters. The number of nitrogens with one attached hydrogen (secondary N) is 1. The summed E-state index contributed by atoms with van der Waals surface area (Å²) in [6.07, 6.45) is 0.859. The largest absolute Gasteiger partial charge is 0.319 e. The average Bonchev–Trinajstić information content (AvgIpc) is 2.64. The number of halogens is 1. The van der Waals surface area contributed by atoms with Gasteiger partial charge in [0.2, 0.25) is 0 Å². The van der Waals surface area contributed by atoms with E-state index in [1.165, 1.54) is 11.3 Å². The SMILES string of the molecule is CNCCC#Cc1ccc2nc(Cl)sc2c1. The Labute approximate surface area is 104 Å². The van der Waals surface area contributed by atoms with Crippen LogP contribution in [0.2, 0.25) is 4.47 Å². The lowest BCUT2D eigenvalue weighted by Crippen LogP contribution is -2.05. The van der Waals surface area contributed by atoms with Gasteiger partial charge >= 0.3 is 0 Å². The number of fused-ring (bicyclic) bond motifs is 1. The fourth-order valence-electron chi connectivity index (χ4n) is 1.33. The Bertz CT molecular complexity index is 551. The highest BCUT2D eigenvalue weighted by Gasteiger charge is 2.00. The molecule has 2 rings (SSSR count). The zero-order chi connectivity index (χ0) is 11.4. The van der Waals surface area contributed by atoms with Crippen LogP contribution in [0.3, 0.4) is 0 Å². The molecule has 0 bridgehead atoms. The van der Waals surface area contributed by atoms with E-state index in [4.69, 9.17) is 11.6 Å². The Balaban J connectivity index is 2.21. The minimum Gasteiger partial charge on any atom is -0.319 e. The monoisotopic (exact) mass is 250 g/mol. The first-order chi connectivity index (χ1) is 7.79. The van der Waals surface area contributed by atoms with Gasteiger partial charge in [-0.2, -0.15) is 0 Å². The lowest BCUT2D eigenvalue weighted by molar-refractivity contribution is 0.818. The zero-order valence-electron chi connectivity index (χ0n) is 8.88. The van der Waals surface area contributed by atoms with Gasteiger partial charge in [-0.3, -0.25) is 0 Å². The molecule has 2 aromatic rings. The van der Waals surface area contributed by atoms with E-state index >= 15 is 0 Å². The number of benzene rings is 1. The first kappa shape index (κ1) is 11.4. The fraction of sp³-hybridized carbons (Fsp3) is 0.250. The van der Waals surface area contributed by atoms with Crippen LogP contribution in [-0.4, -0.2) is 18.6 Å². The Morgan fingerprint density at radius 3 is 3.19 bits per heavy atom. The van der Waals surface area contributed by atoms with Crippen LogP contribution < -0.4 is 5.32 Å². The van der Waals surface area contributed by atoms with Crippen LogP contribution in [0, 0.1) is 11.8 Å². The van der Waals surface area contributed by atoms with Gasteiger partial charge in [0.15, 0.2) is 4.47 Å². The third-order valence-corrected chi connectivity index (χ3v) is 3.22. The van der Waals surface area contributed by atoms with E-state index in [1.807, 2.05) is 25.2 Å². The molecule has 4 heteroatoms. The van der Waals surface area contributed by atoms with Crippen molar-refractivity contribution in [2.24, 2.45) is 0 Å². The Morgan fingerprint density at radius 2 is 2.38 bits per heavy atom. The summed E-state index contributed by atoms with van der Waals surface area (Å²) in [6.45, 7) is 0.918. The summed E-state index contributed by atoms with van der Waals surface area (Å²) in [5.74, 6) is 6.24. The zero-order valence-corrected chi connectivity index (χ0v) is 10.5. The summed E-state index contributed by atoms with van der Waals surface area (Å²) in [4.78, 5) is 4.19. The van der Waals surface area contributed by atoms with Gasteiger partial charge in [-0.25, -0.2) is 4.98 Å². The number of hydrogen-bond acceptors (Lipinski definition) is 3. The van der Waals surface area contributed by atoms with Crippen LogP contribution in [0.25, 0.3) is 10.2 Å². The lowest BCUT2D eigenvalue weighted by Gasteiger charge is -1.91. The maximum absolute atomic E-state index is 5.84. The van der Waals surface area contributed by atoms with Crippen molar-refractivity contribution in [2.45, 2.75) is 6.42 Å². The number of thiazole rings is 1. The van der Waals surface area contributed by atoms with E-state index < -0.39 is 0 Å². The molecule has 1 aromatic heterocycles. The average molecular weight is 251 g/mol. The highest BCUT2D eigenvalue weighted by atomic mass is 35.5. The minimum absolute atomic E-state index is 0.579. The molecule has 16 heavy (non-hydrogen) atoms. The van der Waals surface area contributed by atoms with Crippen molar-refractivity contribution in [3.8, 4) is 11.8 Å². The quantitative estimate of drug-likeness (QED) is 0.655. The number of nitrogens with zero attached hydrogens (tertiary/aromatic N) is 1. The molecule has 1 aromatic carbocycles. The second kappa shape index (κ2) is 5.31. The van der Waals surface area contributed by atoms with Gasteiger partial charge in [0, 0.05) is 18.5 Å². The highest BCUT2D eigenvalue weighted by molar-refractivity contribution is 7.22. The first-order valence-electron chi connectivity index (χ1n) is 4.99. The summed E-state index contributed by atoms with van der Waals surface area (Å²) in [5, 5.41) is 3.06. The molecule has 0 aliphatic carbocycles. The van der Waals surface area contributed by atoms with E-state index in [0.717, 1.165) is 28.7 Å². The van der Waals surface area contributed by atoms with E-state index in [-0.39, 0.29) is 0 Å². The van der Waals surface area contributed by atoms with Crippen LogP contribution in [0.4, 0.5) is 0 Å². The topological polar surface area (TPSA) is 24.9 Å². The summed E-state index contributed by atoms with van der Waals surface area (Å²) >= 11 is 7.33. The molecule has 0 amide bonds. The minimum atomic E-state index is 0.579. The van der Waals surface area contributed by atoms with Crippen molar-refractivity contribution in [3.63, 3.8) is 0 Å². The summed E-state index contributed by atoms with van der Waals surface area (Å²) in [7, 11) is 1.92. The molecule has 1 N–H and O–H groups in total. The van der Waals surface area contributed by atoms with E-state index in [2.05, 4.69) is 22.1 Å². The molecule has 0 fully saturated rings. The summed E-state index contributed by atoms with van der Waals surface area (Å²) in [5.41, 5.74) is 1.96. The van der Waals surface area contributed by atoms with E-state index in [0.29, 0.717) is 4.47 Å². The molecule has 0 unspecified atom stereocenters. The Kier molecular flexibility index (Phi) is 3.79. The third-order valence-electron chi connectivity index (χ3n) is 2.10. The Morgan fingerprint density at radius 1 is 1.50 bits per heavy atom.